The van der Waals surface area contributed by atoms with Crippen LogP contribution >= 0.6 is 0 Å². The zero-order valence-electron chi connectivity index (χ0n) is 24.9. The molecule has 2 heterocycles. The summed E-state index contributed by atoms with van der Waals surface area (Å²) in [7, 11) is 0. The lowest BCUT2D eigenvalue weighted by Crippen LogP contribution is -2.60. The van der Waals surface area contributed by atoms with E-state index in [0.29, 0.717) is 6.42 Å². The van der Waals surface area contributed by atoms with E-state index in [0.717, 1.165) is 25.7 Å². The largest absolute Gasteiger partial charge is 0.394 e. The number of allylic oxidation sites excluding steroid dienone is 1. The minimum absolute atomic E-state index is 0.0745. The zero-order chi connectivity index (χ0) is 30.1. The Balaban J connectivity index is 1.36. The summed E-state index contributed by atoms with van der Waals surface area (Å²) in [5.41, 5.74) is 0.545. The van der Waals surface area contributed by atoms with Gasteiger partial charge in [0.05, 0.1) is 24.9 Å². The molecule has 0 unspecified atom stereocenters. The van der Waals surface area contributed by atoms with Crippen molar-refractivity contribution >= 4 is 0 Å². The molecule has 234 valence electrons. The topological polar surface area (TPSA) is 158 Å². The maximum Gasteiger partial charge on any atom is 0.186 e. The van der Waals surface area contributed by atoms with Crippen LogP contribution in [0.3, 0.4) is 0 Å². The third-order valence-corrected chi connectivity index (χ3v) is 11.4. The molecule has 5 aliphatic rings. The maximum atomic E-state index is 10.7. The van der Waals surface area contributed by atoms with Crippen LogP contribution in [0.4, 0.5) is 0 Å². The second-order valence-corrected chi connectivity index (χ2v) is 14.2. The normalized spacial score (nSPS) is 53.2. The first-order valence-corrected chi connectivity index (χ1v) is 15.2. The van der Waals surface area contributed by atoms with Crippen LogP contribution < -0.4 is 0 Å². The first-order chi connectivity index (χ1) is 19.2. The number of fused-ring (bicyclic) bond motifs is 3. The molecule has 10 heteroatoms. The van der Waals surface area contributed by atoms with E-state index in [4.69, 9.17) is 18.9 Å². The minimum Gasteiger partial charge on any atom is -0.394 e. The highest BCUT2D eigenvalue weighted by Crippen LogP contribution is 2.64. The van der Waals surface area contributed by atoms with Crippen molar-refractivity contribution < 1.29 is 49.6 Å². The molecule has 15 atom stereocenters. The van der Waals surface area contributed by atoms with Crippen LogP contribution in [0, 0.1) is 28.1 Å². The Labute approximate surface area is 242 Å². The van der Waals surface area contributed by atoms with E-state index in [9.17, 15) is 30.6 Å². The van der Waals surface area contributed by atoms with E-state index in [1.165, 1.54) is 5.57 Å². The van der Waals surface area contributed by atoms with E-state index in [2.05, 4.69) is 40.3 Å². The van der Waals surface area contributed by atoms with Crippen molar-refractivity contribution in [3.05, 3.63) is 24.3 Å². The van der Waals surface area contributed by atoms with Gasteiger partial charge in [0.2, 0.25) is 0 Å². The first kappa shape index (κ1) is 31.5. The maximum absolute atomic E-state index is 10.7. The highest BCUT2D eigenvalue weighted by Gasteiger charge is 2.60. The number of rotatable bonds is 6. The summed E-state index contributed by atoms with van der Waals surface area (Å²) in [4.78, 5) is 0. The van der Waals surface area contributed by atoms with Gasteiger partial charge in [-0.05, 0) is 61.7 Å². The Hall–Kier alpha value is -0.920. The summed E-state index contributed by atoms with van der Waals surface area (Å²) in [6, 6.07) is 0. The highest BCUT2D eigenvalue weighted by atomic mass is 16.7. The molecule has 0 bridgehead atoms. The van der Waals surface area contributed by atoms with Crippen LogP contribution in [0.25, 0.3) is 0 Å². The second-order valence-electron chi connectivity index (χ2n) is 14.2. The highest BCUT2D eigenvalue weighted by molar-refractivity contribution is 5.29. The standard InChI is InChI=1S/C31H50O10/c1-7-30(5)13-16-8-9-19-29(3,4)20(40-28-25(36)23(34)18(14-32)39-28)10-11-31(19,6)17(16)12-21(30)41-27-26(37)24(35)22(33)15(2)38-27/h7,13,15,17-28,32-37H,1,8-12,14H2,2-6H3/t15-,17-,18+,19+,20+,21-,22+,23+,24+,25-,26-,27+,28+,30-,31-/m1/s1. The monoisotopic (exact) mass is 582 g/mol. The van der Waals surface area contributed by atoms with E-state index < -0.39 is 67.3 Å². The first-order valence-electron chi connectivity index (χ1n) is 15.2. The van der Waals surface area contributed by atoms with Crippen molar-refractivity contribution in [2.75, 3.05) is 6.61 Å². The lowest BCUT2D eigenvalue weighted by Gasteiger charge is -2.62. The van der Waals surface area contributed by atoms with Crippen molar-refractivity contribution in [1.82, 2.24) is 0 Å². The molecule has 0 aromatic heterocycles. The number of hydrogen-bond acceptors (Lipinski definition) is 10. The van der Waals surface area contributed by atoms with Crippen LogP contribution in [0.1, 0.15) is 66.7 Å². The molecular weight excluding hydrogens is 532 g/mol. The van der Waals surface area contributed by atoms with Crippen LogP contribution in [-0.2, 0) is 18.9 Å². The molecule has 0 aromatic rings. The molecule has 10 nitrogen and oxygen atoms in total. The van der Waals surface area contributed by atoms with Crippen LogP contribution in [0.5, 0.6) is 0 Å². The third-order valence-electron chi connectivity index (χ3n) is 11.4. The number of aliphatic hydroxyl groups excluding tert-OH is 6. The Morgan fingerprint density at radius 2 is 1.54 bits per heavy atom. The smallest absolute Gasteiger partial charge is 0.186 e. The fourth-order valence-corrected chi connectivity index (χ4v) is 8.71. The molecule has 0 radical (unpaired) electrons. The van der Waals surface area contributed by atoms with E-state index >= 15 is 0 Å². The molecule has 6 N–H and O–H groups in total. The van der Waals surface area contributed by atoms with E-state index in [1.54, 1.807) is 6.92 Å². The molecule has 2 aliphatic heterocycles. The van der Waals surface area contributed by atoms with Crippen LogP contribution in [-0.4, -0.2) is 105 Å². The van der Waals surface area contributed by atoms with Crippen molar-refractivity contribution in [1.29, 1.82) is 0 Å². The lowest BCUT2D eigenvalue weighted by atomic mass is 9.44. The van der Waals surface area contributed by atoms with Crippen LogP contribution in [0.2, 0.25) is 0 Å². The minimum atomic E-state index is -1.38. The molecule has 41 heavy (non-hydrogen) atoms. The van der Waals surface area contributed by atoms with Gasteiger partial charge in [-0.15, -0.1) is 6.58 Å². The fraction of sp³-hybridized carbons (Fsp3) is 0.871. The van der Waals surface area contributed by atoms with Gasteiger partial charge in [-0.3, -0.25) is 0 Å². The van der Waals surface area contributed by atoms with Gasteiger partial charge >= 0.3 is 0 Å². The number of aliphatic hydroxyl groups is 6. The van der Waals surface area contributed by atoms with Gasteiger partial charge in [0.1, 0.15) is 36.6 Å². The van der Waals surface area contributed by atoms with Gasteiger partial charge in [0.15, 0.2) is 12.6 Å². The Morgan fingerprint density at radius 3 is 2.17 bits per heavy atom. The second kappa shape index (κ2) is 11.2. The fourth-order valence-electron chi connectivity index (χ4n) is 8.71. The van der Waals surface area contributed by atoms with Gasteiger partial charge in [-0.2, -0.15) is 0 Å². The number of ether oxygens (including phenoxy) is 4. The van der Waals surface area contributed by atoms with Crippen molar-refractivity contribution in [2.24, 2.45) is 28.1 Å². The summed E-state index contributed by atoms with van der Waals surface area (Å²) in [5, 5.41) is 61.4. The average Bonchev–Trinajstić information content (AvgIpc) is 3.20. The van der Waals surface area contributed by atoms with E-state index in [-0.39, 0.29) is 34.9 Å². The van der Waals surface area contributed by atoms with Gasteiger partial charge < -0.3 is 49.6 Å². The Morgan fingerprint density at radius 1 is 0.902 bits per heavy atom. The zero-order valence-corrected chi connectivity index (χ0v) is 24.9. The molecule has 4 fully saturated rings. The van der Waals surface area contributed by atoms with Crippen LogP contribution in [0.15, 0.2) is 24.3 Å². The average molecular weight is 583 g/mol. The van der Waals surface area contributed by atoms with Crippen molar-refractivity contribution in [3.8, 4) is 0 Å². The van der Waals surface area contributed by atoms with Crippen molar-refractivity contribution in [2.45, 2.75) is 134 Å². The summed E-state index contributed by atoms with van der Waals surface area (Å²) < 4.78 is 24.3. The summed E-state index contributed by atoms with van der Waals surface area (Å²) in [6.45, 7) is 14.2. The molecule has 2 saturated heterocycles. The molecule has 2 saturated carbocycles. The summed E-state index contributed by atoms with van der Waals surface area (Å²) in [5.74, 6) is 0.498. The molecule has 0 aromatic carbocycles. The lowest BCUT2D eigenvalue weighted by molar-refractivity contribution is -0.312. The molecular formula is C31H50O10. The molecule has 5 rings (SSSR count). The Bertz CT molecular complexity index is 1000. The quantitative estimate of drug-likeness (QED) is 0.253. The predicted octanol–water partition coefficient (Wildman–Crippen LogP) is 1.40. The molecule has 0 amide bonds. The van der Waals surface area contributed by atoms with Gasteiger partial charge in [0, 0.05) is 5.41 Å². The molecule has 0 spiro atoms. The SMILES string of the molecule is C=C[C@]1(C)C=C2CC[C@H]3C(C)(C)[C@@H](O[C@@H]4O[C@@H](CO)[C@H](O)[C@H]4O)CC[C@]3(C)[C@@H]2C[C@H]1O[C@@H]1O[C@H](C)[C@H](O)[C@H](O)[C@H]1O. The predicted molar refractivity (Wildman–Crippen MR) is 148 cm³/mol. The van der Waals surface area contributed by atoms with E-state index in [1.807, 2.05) is 6.08 Å². The van der Waals surface area contributed by atoms with Crippen molar-refractivity contribution in [3.63, 3.8) is 0 Å². The Kier molecular flexibility index (Phi) is 8.62. The van der Waals surface area contributed by atoms with Gasteiger partial charge in [-0.1, -0.05) is 45.4 Å². The van der Waals surface area contributed by atoms with Gasteiger partial charge in [-0.25, -0.2) is 0 Å². The third kappa shape index (κ3) is 5.16. The molecule has 3 aliphatic carbocycles. The summed E-state index contributed by atoms with van der Waals surface area (Å²) in [6.07, 6.45) is -2.16. The summed E-state index contributed by atoms with van der Waals surface area (Å²) >= 11 is 0. The number of hydrogen-bond donors (Lipinski definition) is 6. The van der Waals surface area contributed by atoms with Gasteiger partial charge in [0.25, 0.3) is 0 Å².